The first-order valence-electron chi connectivity index (χ1n) is 10.4. The van der Waals surface area contributed by atoms with Crippen molar-refractivity contribution in [1.29, 1.82) is 0 Å². The van der Waals surface area contributed by atoms with Gasteiger partial charge in [0.25, 0.3) is 0 Å². The van der Waals surface area contributed by atoms with Crippen molar-refractivity contribution in [3.05, 3.63) is 72.2 Å². The summed E-state index contributed by atoms with van der Waals surface area (Å²) in [6, 6.07) is 15.7. The normalized spacial score (nSPS) is 15.3. The van der Waals surface area contributed by atoms with Crippen LogP contribution in [0.3, 0.4) is 0 Å². The number of rotatable bonds is 4. The number of imidazole rings is 1. The molecule has 2 aromatic carbocycles. The lowest BCUT2D eigenvalue weighted by molar-refractivity contribution is 0.132. The zero-order valence-electron chi connectivity index (χ0n) is 17.5. The molecule has 0 saturated carbocycles. The van der Waals surface area contributed by atoms with Crippen LogP contribution in [0.15, 0.2) is 61.1 Å². The number of phenolic OH excluding ortho intramolecular Hbond substituents is 1. The van der Waals surface area contributed by atoms with Crippen LogP contribution in [0.4, 0.5) is 4.79 Å². The lowest BCUT2D eigenvalue weighted by Gasteiger charge is -2.36. The number of amides is 1. The molecule has 1 aromatic heterocycles. The topological polar surface area (TPSA) is 61.6 Å². The van der Waals surface area contributed by atoms with Gasteiger partial charge < -0.3 is 10.0 Å². The monoisotopic (exact) mass is 404 g/mol. The van der Waals surface area contributed by atoms with Crippen molar-refractivity contribution in [3.8, 4) is 17.0 Å². The van der Waals surface area contributed by atoms with E-state index >= 15 is 0 Å². The van der Waals surface area contributed by atoms with E-state index in [0.717, 1.165) is 49.3 Å². The van der Waals surface area contributed by atoms with Crippen LogP contribution >= 0.6 is 0 Å². The van der Waals surface area contributed by atoms with Crippen molar-refractivity contribution in [1.82, 2.24) is 19.4 Å². The Hall–Kier alpha value is -3.12. The third kappa shape index (κ3) is 4.54. The van der Waals surface area contributed by atoms with Gasteiger partial charge in [-0.25, -0.2) is 9.78 Å². The number of carbonyl (C=O) groups excluding carboxylic acids is 1. The molecule has 156 valence electrons. The second kappa shape index (κ2) is 8.71. The zero-order chi connectivity index (χ0) is 21.1. The van der Waals surface area contributed by atoms with Gasteiger partial charge in [-0.3, -0.25) is 9.47 Å². The molecule has 0 radical (unpaired) electrons. The van der Waals surface area contributed by atoms with Crippen LogP contribution in [0.25, 0.3) is 11.3 Å². The molecule has 6 heteroatoms. The van der Waals surface area contributed by atoms with Crippen LogP contribution in [0.1, 0.15) is 24.0 Å². The fourth-order valence-corrected chi connectivity index (χ4v) is 4.10. The first-order chi connectivity index (χ1) is 14.5. The standard InChI is InChI=1S/C24H28N4O2/c1-18-5-3-7-20(13-18)23-16-28(17-25-23)24(30)26(2)21-9-11-27(12-10-21)15-19-6-4-8-22(29)14-19/h3-8,13-14,16-17,21,29H,9-12,15H2,1-2H3. The highest BCUT2D eigenvalue weighted by molar-refractivity contribution is 5.78. The molecule has 0 aliphatic carbocycles. The van der Waals surface area contributed by atoms with Gasteiger partial charge in [0.1, 0.15) is 12.1 Å². The van der Waals surface area contributed by atoms with Crippen molar-refractivity contribution >= 4 is 6.03 Å². The number of aromatic hydroxyl groups is 1. The molecule has 4 rings (SSSR count). The first kappa shape index (κ1) is 20.2. The van der Waals surface area contributed by atoms with E-state index in [-0.39, 0.29) is 12.1 Å². The highest BCUT2D eigenvalue weighted by atomic mass is 16.3. The van der Waals surface area contributed by atoms with Crippen LogP contribution in [0.2, 0.25) is 0 Å². The predicted octanol–water partition coefficient (Wildman–Crippen LogP) is 4.13. The molecular weight excluding hydrogens is 376 g/mol. The van der Waals surface area contributed by atoms with Gasteiger partial charge in [0.15, 0.2) is 0 Å². The SMILES string of the molecule is Cc1cccc(-c2cn(C(=O)N(C)C3CCN(Cc4cccc(O)c4)CC3)cn2)c1. The number of hydrogen-bond donors (Lipinski definition) is 1. The summed E-state index contributed by atoms with van der Waals surface area (Å²) in [7, 11) is 1.88. The summed E-state index contributed by atoms with van der Waals surface area (Å²) in [4.78, 5) is 21.6. The lowest BCUT2D eigenvalue weighted by Crippen LogP contribution is -2.46. The Morgan fingerprint density at radius 3 is 2.67 bits per heavy atom. The van der Waals surface area contributed by atoms with Gasteiger partial charge in [0, 0.05) is 44.5 Å². The highest BCUT2D eigenvalue weighted by Crippen LogP contribution is 2.21. The lowest BCUT2D eigenvalue weighted by atomic mass is 10.0. The minimum absolute atomic E-state index is 0.0483. The largest absolute Gasteiger partial charge is 0.508 e. The number of piperidine rings is 1. The number of aryl methyl sites for hydroxylation is 1. The molecule has 3 aromatic rings. The number of carbonyl (C=O) groups is 1. The van der Waals surface area contributed by atoms with Gasteiger partial charge in [-0.15, -0.1) is 0 Å². The average molecular weight is 405 g/mol. The summed E-state index contributed by atoms with van der Waals surface area (Å²) in [6.45, 7) is 4.72. The van der Waals surface area contributed by atoms with Gasteiger partial charge in [-0.1, -0.05) is 35.9 Å². The average Bonchev–Trinajstić information content (AvgIpc) is 3.24. The summed E-state index contributed by atoms with van der Waals surface area (Å²) in [6.07, 6.45) is 5.28. The Morgan fingerprint density at radius 1 is 1.17 bits per heavy atom. The first-order valence-corrected chi connectivity index (χ1v) is 10.4. The van der Waals surface area contributed by atoms with E-state index in [0.29, 0.717) is 5.75 Å². The minimum Gasteiger partial charge on any atom is -0.508 e. The van der Waals surface area contributed by atoms with Gasteiger partial charge in [0.05, 0.1) is 5.69 Å². The number of likely N-dealkylation sites (tertiary alicyclic amines) is 1. The van der Waals surface area contributed by atoms with Crippen molar-refractivity contribution < 1.29 is 9.90 Å². The highest BCUT2D eigenvalue weighted by Gasteiger charge is 2.26. The van der Waals surface area contributed by atoms with Gasteiger partial charge in [-0.05, 0) is 43.5 Å². The zero-order valence-corrected chi connectivity index (χ0v) is 17.5. The van der Waals surface area contributed by atoms with Crippen LogP contribution in [-0.2, 0) is 6.54 Å². The Bertz CT molecular complexity index is 1020. The molecule has 30 heavy (non-hydrogen) atoms. The Morgan fingerprint density at radius 2 is 1.93 bits per heavy atom. The maximum absolute atomic E-state index is 13.0. The molecule has 2 heterocycles. The second-order valence-corrected chi connectivity index (χ2v) is 8.11. The molecule has 1 aliphatic rings. The number of hydrogen-bond acceptors (Lipinski definition) is 4. The van der Waals surface area contributed by atoms with Crippen LogP contribution < -0.4 is 0 Å². The van der Waals surface area contributed by atoms with E-state index in [2.05, 4.69) is 16.0 Å². The van der Waals surface area contributed by atoms with E-state index < -0.39 is 0 Å². The number of benzene rings is 2. The molecule has 0 spiro atoms. The van der Waals surface area contributed by atoms with Crippen LogP contribution in [-0.4, -0.2) is 56.7 Å². The summed E-state index contributed by atoms with van der Waals surface area (Å²) in [5.74, 6) is 0.304. The Kier molecular flexibility index (Phi) is 5.86. The molecule has 1 fully saturated rings. The van der Waals surface area contributed by atoms with Gasteiger partial charge in [-0.2, -0.15) is 0 Å². The maximum atomic E-state index is 13.0. The van der Waals surface area contributed by atoms with E-state index in [4.69, 9.17) is 0 Å². The van der Waals surface area contributed by atoms with Crippen molar-refractivity contribution in [2.45, 2.75) is 32.4 Å². The van der Waals surface area contributed by atoms with Gasteiger partial charge in [0.2, 0.25) is 0 Å². The van der Waals surface area contributed by atoms with Crippen LogP contribution in [0, 0.1) is 6.92 Å². The molecule has 1 N–H and O–H groups in total. The molecule has 6 nitrogen and oxygen atoms in total. The van der Waals surface area contributed by atoms with Crippen LogP contribution in [0.5, 0.6) is 5.75 Å². The number of nitrogens with zero attached hydrogens (tertiary/aromatic N) is 4. The molecule has 1 aliphatic heterocycles. The number of aromatic nitrogens is 2. The Balaban J connectivity index is 1.35. The smallest absolute Gasteiger partial charge is 0.329 e. The van der Waals surface area contributed by atoms with Crippen molar-refractivity contribution in [2.24, 2.45) is 0 Å². The van der Waals surface area contributed by atoms with Gasteiger partial charge >= 0.3 is 6.03 Å². The summed E-state index contributed by atoms with van der Waals surface area (Å²) >= 11 is 0. The van der Waals surface area contributed by atoms with E-state index in [1.165, 1.54) is 5.56 Å². The molecule has 0 bridgehead atoms. The Labute approximate surface area is 177 Å². The quantitative estimate of drug-likeness (QED) is 0.710. The second-order valence-electron chi connectivity index (χ2n) is 8.11. The third-order valence-electron chi connectivity index (χ3n) is 5.84. The molecule has 0 unspecified atom stereocenters. The minimum atomic E-state index is -0.0483. The fraction of sp³-hybridized carbons (Fsp3) is 0.333. The van der Waals surface area contributed by atoms with E-state index in [9.17, 15) is 9.90 Å². The predicted molar refractivity (Wildman–Crippen MR) is 117 cm³/mol. The van der Waals surface area contributed by atoms with E-state index in [1.54, 1.807) is 17.0 Å². The molecular formula is C24H28N4O2. The van der Waals surface area contributed by atoms with Crippen molar-refractivity contribution in [2.75, 3.05) is 20.1 Å². The molecule has 1 saturated heterocycles. The number of phenols is 1. The van der Waals surface area contributed by atoms with Crippen molar-refractivity contribution in [3.63, 3.8) is 0 Å². The molecule has 0 atom stereocenters. The summed E-state index contributed by atoms with van der Waals surface area (Å²) < 4.78 is 1.58. The van der Waals surface area contributed by atoms with E-state index in [1.807, 2.05) is 61.5 Å². The summed E-state index contributed by atoms with van der Waals surface area (Å²) in [5.41, 5.74) is 4.11. The summed E-state index contributed by atoms with van der Waals surface area (Å²) in [5, 5.41) is 9.64. The fourth-order valence-electron chi connectivity index (χ4n) is 4.10. The third-order valence-corrected chi connectivity index (χ3v) is 5.84. The molecule has 1 amide bonds. The maximum Gasteiger partial charge on any atom is 0.329 e.